The lowest BCUT2D eigenvalue weighted by Gasteiger charge is -1.89. The maximum atomic E-state index is 4.09. The number of hydrogen-bond acceptors (Lipinski definition) is 1. The van der Waals surface area contributed by atoms with E-state index in [-0.39, 0.29) is 0 Å². The van der Waals surface area contributed by atoms with Crippen LogP contribution >= 0.6 is 22.6 Å². The highest BCUT2D eigenvalue weighted by molar-refractivity contribution is 14.1. The molecule has 0 unspecified atom stereocenters. The standard InChI is InChI=1S/C5H6IN2/c1-3-4(2)8-5(6)7-3/h1-2H3/q-1. The molecule has 0 radical (unpaired) electrons. The second kappa shape index (κ2) is 2.05. The van der Waals surface area contributed by atoms with Crippen molar-refractivity contribution in [1.82, 2.24) is 9.97 Å². The van der Waals surface area contributed by atoms with Crippen molar-refractivity contribution in [3.05, 3.63) is 15.2 Å². The predicted molar refractivity (Wildman–Crippen MR) is 39.7 cm³/mol. The molecule has 1 heterocycles. The number of nitrogens with zero attached hydrogens (tertiary/aromatic N) is 2. The fourth-order valence-corrected chi connectivity index (χ4v) is 1.19. The quantitative estimate of drug-likeness (QED) is 0.616. The average Bonchev–Trinajstić information content (AvgIpc) is 1.85. The van der Waals surface area contributed by atoms with E-state index in [4.69, 9.17) is 0 Å². The molecule has 0 aromatic carbocycles. The third kappa shape index (κ3) is 1.02. The minimum atomic E-state index is 0.845. The van der Waals surface area contributed by atoms with Gasteiger partial charge in [-0.15, -0.1) is 0 Å². The molecule has 0 spiro atoms. The largest absolute Gasteiger partial charge is 0.435 e. The molecular formula is C5H6IN2-. The second-order valence-corrected chi connectivity index (χ2v) is 2.63. The fourth-order valence-electron chi connectivity index (χ4n) is 0.464. The molecule has 2 nitrogen and oxygen atoms in total. The number of hydrogen-bond donors (Lipinski definition) is 0. The third-order valence-electron chi connectivity index (χ3n) is 1.04. The Kier molecular flexibility index (Phi) is 1.55. The van der Waals surface area contributed by atoms with Crippen molar-refractivity contribution in [3.63, 3.8) is 0 Å². The molecule has 44 valence electrons. The first-order valence-corrected chi connectivity index (χ1v) is 3.41. The van der Waals surface area contributed by atoms with Crippen LogP contribution in [0.3, 0.4) is 0 Å². The van der Waals surface area contributed by atoms with E-state index in [9.17, 15) is 0 Å². The van der Waals surface area contributed by atoms with Gasteiger partial charge < -0.3 is 9.97 Å². The normalized spacial score (nSPS) is 9.88. The zero-order valence-corrected chi connectivity index (χ0v) is 6.93. The van der Waals surface area contributed by atoms with Crippen molar-refractivity contribution in [2.24, 2.45) is 0 Å². The van der Waals surface area contributed by atoms with Crippen molar-refractivity contribution in [2.45, 2.75) is 13.8 Å². The predicted octanol–water partition coefficient (Wildman–Crippen LogP) is 1.26. The number of imidazole rings is 1. The van der Waals surface area contributed by atoms with Crippen LogP contribution in [0, 0.1) is 17.7 Å². The summed E-state index contributed by atoms with van der Waals surface area (Å²) in [6.07, 6.45) is 0. The minimum absolute atomic E-state index is 0.845. The van der Waals surface area contributed by atoms with E-state index in [1.165, 1.54) is 0 Å². The Balaban J connectivity index is 3.14. The minimum Gasteiger partial charge on any atom is -0.435 e. The molecular weight excluding hydrogens is 215 g/mol. The maximum absolute atomic E-state index is 4.09. The van der Waals surface area contributed by atoms with Crippen LogP contribution in [0.2, 0.25) is 0 Å². The Labute approximate surface area is 61.9 Å². The van der Waals surface area contributed by atoms with Gasteiger partial charge in [-0.25, -0.2) is 0 Å². The van der Waals surface area contributed by atoms with E-state index >= 15 is 0 Å². The highest BCUT2D eigenvalue weighted by Crippen LogP contribution is 2.02. The Morgan fingerprint density at radius 2 is 2.12 bits per heavy atom. The molecule has 0 saturated carbocycles. The lowest BCUT2D eigenvalue weighted by Crippen LogP contribution is -1.75. The fraction of sp³-hybridized carbons (Fsp3) is 0.400. The summed E-state index contributed by atoms with van der Waals surface area (Å²) in [4.78, 5) is 8.17. The highest BCUT2D eigenvalue weighted by Gasteiger charge is 1.83. The SMILES string of the molecule is Cc1nc(I)[n-]c1C. The van der Waals surface area contributed by atoms with Gasteiger partial charge in [0.05, 0.1) is 0 Å². The van der Waals surface area contributed by atoms with E-state index in [1.807, 2.05) is 13.8 Å². The summed E-state index contributed by atoms with van der Waals surface area (Å²) >= 11 is 2.10. The Morgan fingerprint density at radius 3 is 2.25 bits per heavy atom. The van der Waals surface area contributed by atoms with Crippen molar-refractivity contribution >= 4 is 22.6 Å². The molecule has 0 N–H and O–H groups in total. The van der Waals surface area contributed by atoms with Gasteiger partial charge in [0.1, 0.15) is 0 Å². The molecule has 8 heavy (non-hydrogen) atoms. The van der Waals surface area contributed by atoms with Gasteiger partial charge in [0.25, 0.3) is 0 Å². The van der Waals surface area contributed by atoms with Gasteiger partial charge >= 0.3 is 0 Å². The molecule has 1 aromatic heterocycles. The number of aromatic nitrogens is 2. The first kappa shape index (κ1) is 6.07. The summed E-state index contributed by atoms with van der Waals surface area (Å²) < 4.78 is 0.845. The lowest BCUT2D eigenvalue weighted by atomic mass is 10.4. The first-order valence-electron chi connectivity index (χ1n) is 2.33. The molecule has 0 atom stereocenters. The highest BCUT2D eigenvalue weighted by atomic mass is 127. The Bertz CT molecular complexity index is 173. The molecule has 0 aliphatic rings. The molecule has 1 aromatic rings. The van der Waals surface area contributed by atoms with Gasteiger partial charge in [-0.1, -0.05) is 34.0 Å². The number of aryl methyl sites for hydroxylation is 2. The molecule has 0 aliphatic carbocycles. The molecule has 1 rings (SSSR count). The molecule has 0 amide bonds. The van der Waals surface area contributed by atoms with Crippen LogP contribution in [-0.2, 0) is 0 Å². The zero-order valence-electron chi connectivity index (χ0n) is 4.77. The van der Waals surface area contributed by atoms with Crippen LogP contribution in [0.5, 0.6) is 0 Å². The van der Waals surface area contributed by atoms with Gasteiger partial charge in [0.15, 0.2) is 0 Å². The van der Waals surface area contributed by atoms with E-state index < -0.39 is 0 Å². The summed E-state index contributed by atoms with van der Waals surface area (Å²) in [5, 5.41) is 0. The van der Waals surface area contributed by atoms with Gasteiger partial charge in [-0.05, 0) is 17.7 Å². The summed E-state index contributed by atoms with van der Waals surface area (Å²) in [5.41, 5.74) is 2.07. The van der Waals surface area contributed by atoms with Crippen molar-refractivity contribution in [1.29, 1.82) is 0 Å². The van der Waals surface area contributed by atoms with Gasteiger partial charge in [-0.2, -0.15) is 0 Å². The van der Waals surface area contributed by atoms with E-state index in [1.54, 1.807) is 0 Å². The van der Waals surface area contributed by atoms with Crippen LogP contribution in [0.15, 0.2) is 0 Å². The number of rotatable bonds is 0. The maximum Gasteiger partial charge on any atom is -0.0175 e. The van der Waals surface area contributed by atoms with Crippen molar-refractivity contribution in [3.8, 4) is 0 Å². The molecule has 0 bridgehead atoms. The summed E-state index contributed by atoms with van der Waals surface area (Å²) in [5.74, 6) is 0. The molecule has 0 aliphatic heterocycles. The summed E-state index contributed by atoms with van der Waals surface area (Å²) in [7, 11) is 0. The second-order valence-electron chi connectivity index (χ2n) is 1.66. The van der Waals surface area contributed by atoms with Crippen LogP contribution in [0.25, 0.3) is 0 Å². The molecule has 0 saturated heterocycles. The topological polar surface area (TPSA) is 27.0 Å². The van der Waals surface area contributed by atoms with E-state index in [0.29, 0.717) is 0 Å². The third-order valence-corrected chi connectivity index (χ3v) is 1.53. The zero-order chi connectivity index (χ0) is 6.15. The number of halogens is 1. The molecule has 0 fully saturated rings. The van der Waals surface area contributed by atoms with Crippen molar-refractivity contribution < 1.29 is 0 Å². The monoisotopic (exact) mass is 221 g/mol. The van der Waals surface area contributed by atoms with Gasteiger partial charge in [0, 0.05) is 0 Å². The summed E-state index contributed by atoms with van der Waals surface area (Å²) in [6, 6.07) is 0. The van der Waals surface area contributed by atoms with E-state index in [2.05, 4.69) is 32.6 Å². The molecule has 3 heteroatoms. The summed E-state index contributed by atoms with van der Waals surface area (Å²) in [6.45, 7) is 3.93. The van der Waals surface area contributed by atoms with E-state index in [0.717, 1.165) is 15.2 Å². The van der Waals surface area contributed by atoms with Crippen molar-refractivity contribution in [2.75, 3.05) is 0 Å². The Morgan fingerprint density at radius 1 is 1.50 bits per heavy atom. The lowest BCUT2D eigenvalue weighted by molar-refractivity contribution is 1.17. The van der Waals surface area contributed by atoms with Crippen LogP contribution in [-0.4, -0.2) is 4.98 Å². The van der Waals surface area contributed by atoms with Crippen LogP contribution in [0.1, 0.15) is 11.4 Å². The smallest absolute Gasteiger partial charge is 0.0175 e. The first-order chi connectivity index (χ1) is 3.70. The average molecular weight is 221 g/mol. The Hall–Kier alpha value is -0.0600. The van der Waals surface area contributed by atoms with Crippen LogP contribution < -0.4 is 4.98 Å². The van der Waals surface area contributed by atoms with Gasteiger partial charge in [-0.3, -0.25) is 0 Å². The van der Waals surface area contributed by atoms with Crippen LogP contribution in [0.4, 0.5) is 0 Å². The van der Waals surface area contributed by atoms with Gasteiger partial charge in [0.2, 0.25) is 0 Å².